The van der Waals surface area contributed by atoms with Gasteiger partial charge >= 0.3 is 0 Å². The van der Waals surface area contributed by atoms with E-state index in [4.69, 9.17) is 0 Å². The molecule has 0 saturated heterocycles. The van der Waals surface area contributed by atoms with E-state index in [0.29, 0.717) is 20.2 Å². The Morgan fingerprint density at radius 2 is 1.82 bits per heavy atom. The van der Waals surface area contributed by atoms with Crippen molar-refractivity contribution in [2.75, 3.05) is 5.32 Å². The summed E-state index contributed by atoms with van der Waals surface area (Å²) in [5, 5.41) is 17.7. The van der Waals surface area contributed by atoms with Crippen LogP contribution >= 0.6 is 31.9 Å². The van der Waals surface area contributed by atoms with Gasteiger partial charge in [-0.05, 0) is 58.4 Å². The quantitative estimate of drug-likeness (QED) is 0.208. The molecule has 0 aliphatic carbocycles. The van der Waals surface area contributed by atoms with Crippen molar-refractivity contribution in [3.05, 3.63) is 92.8 Å². The fourth-order valence-electron chi connectivity index (χ4n) is 3.36. The third kappa shape index (κ3) is 5.35. The Kier molecular flexibility index (Phi) is 7.09. The van der Waals surface area contributed by atoms with Crippen LogP contribution in [0, 0.1) is 5.82 Å². The van der Waals surface area contributed by atoms with E-state index >= 15 is 0 Å². The number of phenols is 1. The molecule has 3 N–H and O–H groups in total. The van der Waals surface area contributed by atoms with Crippen LogP contribution in [-0.2, 0) is 11.3 Å². The first-order chi connectivity index (χ1) is 16.3. The van der Waals surface area contributed by atoms with Gasteiger partial charge in [0.25, 0.3) is 5.91 Å². The van der Waals surface area contributed by atoms with Gasteiger partial charge in [-0.1, -0.05) is 34.1 Å². The molecular formula is C24H17Br2FN4O3. The van der Waals surface area contributed by atoms with Crippen LogP contribution in [-0.4, -0.2) is 27.7 Å². The van der Waals surface area contributed by atoms with Gasteiger partial charge in [0.05, 0.1) is 16.3 Å². The number of phenolic OH excluding ortho intramolecular Hbond substituents is 1. The van der Waals surface area contributed by atoms with Gasteiger partial charge in [0.1, 0.15) is 18.1 Å². The number of carbonyl (C=O) groups excluding carboxylic acids is 2. The molecular weight excluding hydrogens is 571 g/mol. The maximum absolute atomic E-state index is 13.1. The number of hydrazone groups is 1. The summed E-state index contributed by atoms with van der Waals surface area (Å²) in [5.41, 5.74) is 4.44. The Morgan fingerprint density at radius 3 is 2.59 bits per heavy atom. The van der Waals surface area contributed by atoms with E-state index in [0.717, 1.165) is 10.9 Å². The van der Waals surface area contributed by atoms with Crippen molar-refractivity contribution in [3.8, 4) is 5.75 Å². The van der Waals surface area contributed by atoms with Gasteiger partial charge in [-0.15, -0.1) is 0 Å². The number of hydrogen-bond donors (Lipinski definition) is 3. The van der Waals surface area contributed by atoms with Gasteiger partial charge in [0.2, 0.25) is 5.91 Å². The number of fused-ring (bicyclic) bond motifs is 1. The molecule has 2 amide bonds. The van der Waals surface area contributed by atoms with Crippen molar-refractivity contribution in [1.82, 2.24) is 9.99 Å². The third-order valence-corrected chi connectivity index (χ3v) is 5.97. The highest BCUT2D eigenvalue weighted by Gasteiger charge is 2.15. The number of aromatic hydroxyl groups is 1. The van der Waals surface area contributed by atoms with E-state index < -0.39 is 5.91 Å². The highest BCUT2D eigenvalue weighted by molar-refractivity contribution is 9.11. The summed E-state index contributed by atoms with van der Waals surface area (Å²) < 4.78 is 15.8. The predicted octanol–water partition coefficient (Wildman–Crippen LogP) is 5.41. The number of anilines is 1. The summed E-state index contributed by atoms with van der Waals surface area (Å²) in [5.74, 6) is -1.44. The summed E-state index contributed by atoms with van der Waals surface area (Å²) in [7, 11) is 0. The molecule has 0 radical (unpaired) electrons. The number of rotatable bonds is 6. The first kappa shape index (κ1) is 23.7. The molecule has 0 fully saturated rings. The number of carbonyl (C=O) groups is 2. The zero-order valence-corrected chi connectivity index (χ0v) is 20.6. The number of hydrogen-bond acceptors (Lipinski definition) is 4. The molecule has 0 bridgehead atoms. The Labute approximate surface area is 210 Å². The molecule has 4 aromatic rings. The second-order valence-electron chi connectivity index (χ2n) is 7.27. The molecule has 1 heterocycles. The first-order valence-electron chi connectivity index (χ1n) is 9.96. The van der Waals surface area contributed by atoms with Crippen LogP contribution in [0.4, 0.5) is 10.1 Å². The number of para-hydroxylation sites is 1. The molecule has 0 spiro atoms. The third-order valence-electron chi connectivity index (χ3n) is 4.90. The normalized spacial score (nSPS) is 11.1. The van der Waals surface area contributed by atoms with Gasteiger partial charge in [0.15, 0.2) is 0 Å². The molecule has 0 aliphatic rings. The Hall–Kier alpha value is -3.50. The second-order valence-corrected chi connectivity index (χ2v) is 9.04. The van der Waals surface area contributed by atoms with E-state index in [9.17, 15) is 19.1 Å². The van der Waals surface area contributed by atoms with Crippen LogP contribution in [0.5, 0.6) is 5.75 Å². The maximum atomic E-state index is 13.1. The van der Waals surface area contributed by atoms with E-state index in [1.807, 2.05) is 24.3 Å². The average Bonchev–Trinajstić information content (AvgIpc) is 3.15. The number of benzene rings is 3. The minimum atomic E-state index is -0.585. The molecule has 4 rings (SSSR count). The van der Waals surface area contributed by atoms with Crippen molar-refractivity contribution >= 4 is 66.5 Å². The fourth-order valence-corrected chi connectivity index (χ4v) is 4.58. The van der Waals surface area contributed by atoms with Crippen molar-refractivity contribution in [3.63, 3.8) is 0 Å². The zero-order chi connectivity index (χ0) is 24.2. The van der Waals surface area contributed by atoms with Crippen molar-refractivity contribution in [2.45, 2.75) is 6.54 Å². The predicted molar refractivity (Wildman–Crippen MR) is 136 cm³/mol. The smallest absolute Gasteiger partial charge is 0.275 e. The SMILES string of the molecule is O=C(Cn1cc(/C=N/NC(=O)c2cc(Br)cc(Br)c2O)c2ccccc21)Nc1ccc(F)cc1. The minimum absolute atomic E-state index is 0.0258. The number of nitrogens with zero attached hydrogens (tertiary/aromatic N) is 2. The largest absolute Gasteiger partial charge is 0.506 e. The lowest BCUT2D eigenvalue weighted by atomic mass is 10.2. The number of amides is 2. The molecule has 0 saturated carbocycles. The molecule has 10 heteroatoms. The summed E-state index contributed by atoms with van der Waals surface area (Å²) in [6.07, 6.45) is 3.22. The average molecular weight is 588 g/mol. The van der Waals surface area contributed by atoms with Gasteiger partial charge in [-0.25, -0.2) is 9.82 Å². The van der Waals surface area contributed by atoms with Crippen LogP contribution < -0.4 is 10.7 Å². The summed E-state index contributed by atoms with van der Waals surface area (Å²) in [6, 6.07) is 16.1. The topological polar surface area (TPSA) is 95.7 Å². The van der Waals surface area contributed by atoms with E-state index in [1.165, 1.54) is 36.5 Å². The molecule has 172 valence electrons. The molecule has 0 unspecified atom stereocenters. The van der Waals surface area contributed by atoms with Gasteiger partial charge in [0, 0.05) is 32.8 Å². The van der Waals surface area contributed by atoms with E-state index in [-0.39, 0.29) is 29.6 Å². The number of aromatic nitrogens is 1. The fraction of sp³-hybridized carbons (Fsp3) is 0.0417. The summed E-state index contributed by atoms with van der Waals surface area (Å²) >= 11 is 6.47. The lowest BCUT2D eigenvalue weighted by Crippen LogP contribution is -2.18. The monoisotopic (exact) mass is 586 g/mol. The molecule has 0 atom stereocenters. The van der Waals surface area contributed by atoms with Gasteiger partial charge in [-0.3, -0.25) is 9.59 Å². The molecule has 3 aromatic carbocycles. The Morgan fingerprint density at radius 1 is 1.09 bits per heavy atom. The van der Waals surface area contributed by atoms with Crippen molar-refractivity contribution < 1.29 is 19.1 Å². The highest BCUT2D eigenvalue weighted by atomic mass is 79.9. The van der Waals surface area contributed by atoms with E-state index in [2.05, 4.69) is 47.7 Å². The highest BCUT2D eigenvalue weighted by Crippen LogP contribution is 2.31. The minimum Gasteiger partial charge on any atom is -0.506 e. The molecule has 1 aromatic heterocycles. The first-order valence-corrected chi connectivity index (χ1v) is 11.5. The summed E-state index contributed by atoms with van der Waals surface area (Å²) in [4.78, 5) is 25.0. The molecule has 7 nitrogen and oxygen atoms in total. The molecule has 34 heavy (non-hydrogen) atoms. The van der Waals surface area contributed by atoms with Crippen LogP contribution in [0.25, 0.3) is 10.9 Å². The van der Waals surface area contributed by atoms with Gasteiger partial charge in [-0.2, -0.15) is 5.10 Å². The zero-order valence-electron chi connectivity index (χ0n) is 17.4. The van der Waals surface area contributed by atoms with Crippen molar-refractivity contribution in [1.29, 1.82) is 0 Å². The molecule has 0 aliphatic heterocycles. The Balaban J connectivity index is 1.51. The maximum Gasteiger partial charge on any atom is 0.275 e. The standard InChI is InChI=1S/C24H17Br2FN4O3/c25-15-9-19(23(33)20(26)10-15)24(34)30-28-11-14-12-31(21-4-2-1-3-18(14)21)13-22(32)29-17-7-5-16(27)6-8-17/h1-12,33H,13H2,(H,29,32)(H,30,34)/b28-11+. The van der Waals surface area contributed by atoms with Crippen molar-refractivity contribution in [2.24, 2.45) is 5.10 Å². The second kappa shape index (κ2) is 10.2. The van der Waals surface area contributed by atoms with Crippen LogP contribution in [0.15, 0.2) is 80.9 Å². The number of halogens is 3. The van der Waals surface area contributed by atoms with Crippen LogP contribution in [0.2, 0.25) is 0 Å². The number of nitrogens with one attached hydrogen (secondary N) is 2. The van der Waals surface area contributed by atoms with E-state index in [1.54, 1.807) is 16.8 Å². The Bertz CT molecular complexity index is 1420. The lowest BCUT2D eigenvalue weighted by Gasteiger charge is -2.07. The van der Waals surface area contributed by atoms with Crippen LogP contribution in [0.1, 0.15) is 15.9 Å². The van der Waals surface area contributed by atoms with Gasteiger partial charge < -0.3 is 15.0 Å². The summed E-state index contributed by atoms with van der Waals surface area (Å²) in [6.45, 7) is 0.0258. The lowest BCUT2D eigenvalue weighted by molar-refractivity contribution is -0.116. The van der Waals surface area contributed by atoms with Crippen LogP contribution in [0.3, 0.4) is 0 Å².